The largest absolute Gasteiger partial charge is 0.372 e. The molecule has 1 amide bonds. The average molecular weight is 582 g/mol. The van der Waals surface area contributed by atoms with Crippen LogP contribution in [0.5, 0.6) is 0 Å². The standard InChI is InChI=1S/C36H56N2O.H3NS/c1-5-26-23-29-32-17-16-30(36(32,4)20-18-33(29)35(3)19-8-7-11-31(26)35)25(2)24-37-34(39)27-12-14-28(15-13-27)38-21-9-6-10-22-38;1-2/h12-15,25-26,29-33H,5-11,16-24H2,1-4H3,(H,37,39);2H,1H2/t25-,26+,29?,30?,31?,32?,33+,35?,36?;/m1./s1. The van der Waals surface area contributed by atoms with E-state index >= 15 is 0 Å². The molecule has 1 aromatic carbocycles. The Morgan fingerprint density at radius 1 is 0.927 bits per heavy atom. The molecule has 5 heteroatoms. The Bertz CT molecular complexity index is 1010. The minimum absolute atomic E-state index is 0.102. The van der Waals surface area contributed by atoms with Gasteiger partial charge in [0, 0.05) is 30.9 Å². The first kappa shape index (κ1) is 31.2. The quantitative estimate of drug-likeness (QED) is 0.295. The van der Waals surface area contributed by atoms with Crippen LogP contribution in [0.1, 0.15) is 122 Å². The van der Waals surface area contributed by atoms with E-state index in [0.717, 1.165) is 60.7 Å². The Kier molecular flexibility index (Phi) is 10.1. The zero-order chi connectivity index (χ0) is 29.2. The van der Waals surface area contributed by atoms with E-state index in [2.05, 4.69) is 68.0 Å². The van der Waals surface area contributed by atoms with Crippen LogP contribution in [-0.2, 0) is 0 Å². The fourth-order valence-corrected chi connectivity index (χ4v) is 11.5. The molecule has 1 heterocycles. The number of nitrogens with one attached hydrogen (secondary N) is 1. The number of carbonyl (C=O) groups excluding carboxylic acids is 1. The highest BCUT2D eigenvalue weighted by Crippen LogP contribution is 2.69. The van der Waals surface area contributed by atoms with Crippen molar-refractivity contribution in [3.63, 3.8) is 0 Å². The first-order valence-electron chi connectivity index (χ1n) is 17.2. The van der Waals surface area contributed by atoms with Crippen molar-refractivity contribution < 1.29 is 4.79 Å². The molecule has 5 aliphatic rings. The van der Waals surface area contributed by atoms with Crippen LogP contribution >= 0.6 is 12.8 Å². The third kappa shape index (κ3) is 5.85. The number of hydrogen-bond acceptors (Lipinski definition) is 4. The predicted octanol–water partition coefficient (Wildman–Crippen LogP) is 8.52. The molecule has 5 fully saturated rings. The second kappa shape index (κ2) is 13.2. The second-order valence-corrected chi connectivity index (χ2v) is 15.1. The Labute approximate surface area is 256 Å². The first-order valence-corrected chi connectivity index (χ1v) is 17.8. The molecule has 0 radical (unpaired) electrons. The molecule has 3 N–H and O–H groups in total. The van der Waals surface area contributed by atoms with Crippen molar-refractivity contribution in [1.29, 1.82) is 0 Å². The van der Waals surface area contributed by atoms with E-state index < -0.39 is 0 Å². The zero-order valence-electron chi connectivity index (χ0n) is 26.5. The highest BCUT2D eigenvalue weighted by atomic mass is 32.1. The van der Waals surface area contributed by atoms with Gasteiger partial charge >= 0.3 is 0 Å². The van der Waals surface area contributed by atoms with Crippen LogP contribution < -0.4 is 15.4 Å². The molecule has 0 bridgehead atoms. The third-order valence-electron chi connectivity index (χ3n) is 13.5. The Morgan fingerprint density at radius 2 is 1.63 bits per heavy atom. The van der Waals surface area contributed by atoms with Gasteiger partial charge in [-0.15, -0.1) is 12.8 Å². The normalized spacial score (nSPS) is 38.9. The summed E-state index contributed by atoms with van der Waals surface area (Å²) < 4.78 is 0. The molecule has 9 atom stereocenters. The summed E-state index contributed by atoms with van der Waals surface area (Å²) >= 11 is 3.03. The molecule has 6 rings (SSSR count). The summed E-state index contributed by atoms with van der Waals surface area (Å²) in [6.45, 7) is 13.4. The molecule has 4 saturated carbocycles. The van der Waals surface area contributed by atoms with Crippen molar-refractivity contribution in [1.82, 2.24) is 5.32 Å². The van der Waals surface area contributed by atoms with Crippen LogP contribution in [0.2, 0.25) is 0 Å². The molecule has 4 aliphatic carbocycles. The van der Waals surface area contributed by atoms with E-state index in [-0.39, 0.29) is 5.91 Å². The van der Waals surface area contributed by atoms with E-state index in [1.54, 1.807) is 0 Å². The minimum atomic E-state index is 0.102. The Balaban J connectivity index is 0.00000165. The van der Waals surface area contributed by atoms with Gasteiger partial charge in [-0.25, -0.2) is 0 Å². The SMILES string of the molecule is CC[C@H]1CC2C3CCC([C@H](C)CNC(=O)c4ccc(N5CCCCC5)cc4)C3(C)CC[C@@H]2C2(C)CCCCC12.NS. The number of anilines is 1. The molecule has 230 valence electrons. The number of thiol groups is 1. The molecule has 6 unspecified atom stereocenters. The highest BCUT2D eigenvalue weighted by molar-refractivity contribution is 7.77. The van der Waals surface area contributed by atoms with E-state index in [4.69, 9.17) is 0 Å². The summed E-state index contributed by atoms with van der Waals surface area (Å²) in [6.07, 6.45) is 18.4. The van der Waals surface area contributed by atoms with Crippen LogP contribution in [-0.4, -0.2) is 25.5 Å². The minimum Gasteiger partial charge on any atom is -0.372 e. The Hall–Kier alpha value is -1.20. The molecule has 41 heavy (non-hydrogen) atoms. The van der Waals surface area contributed by atoms with Gasteiger partial charge in [-0.3, -0.25) is 9.93 Å². The van der Waals surface area contributed by atoms with Gasteiger partial charge in [0.1, 0.15) is 0 Å². The molecule has 1 aromatic rings. The number of benzene rings is 1. The van der Waals surface area contributed by atoms with E-state index in [1.807, 2.05) is 12.1 Å². The summed E-state index contributed by atoms with van der Waals surface area (Å²) in [7, 11) is 0. The molecule has 1 aliphatic heterocycles. The number of carbonyl (C=O) groups is 1. The van der Waals surface area contributed by atoms with Crippen LogP contribution in [0.3, 0.4) is 0 Å². The summed E-state index contributed by atoms with van der Waals surface area (Å²) in [5.74, 6) is 6.13. The molecular formula is C36H59N3OS. The van der Waals surface area contributed by atoms with Crippen LogP contribution in [0.25, 0.3) is 0 Å². The van der Waals surface area contributed by atoms with Crippen LogP contribution in [0.15, 0.2) is 24.3 Å². The van der Waals surface area contributed by atoms with Crippen LogP contribution in [0.4, 0.5) is 5.69 Å². The Morgan fingerprint density at radius 3 is 2.34 bits per heavy atom. The number of fused-ring (bicyclic) bond motifs is 5. The number of nitrogens with two attached hydrogens (primary N) is 1. The molecule has 1 saturated heterocycles. The van der Waals surface area contributed by atoms with Crippen molar-refractivity contribution in [2.75, 3.05) is 24.5 Å². The number of hydrogen-bond donors (Lipinski definition) is 3. The number of rotatable bonds is 6. The lowest BCUT2D eigenvalue weighted by molar-refractivity contribution is -0.137. The predicted molar refractivity (Wildman–Crippen MR) is 176 cm³/mol. The highest BCUT2D eigenvalue weighted by Gasteiger charge is 2.61. The maximum Gasteiger partial charge on any atom is 0.251 e. The van der Waals surface area contributed by atoms with Crippen molar-refractivity contribution in [2.24, 2.45) is 57.4 Å². The van der Waals surface area contributed by atoms with Gasteiger partial charge in [0.2, 0.25) is 0 Å². The topological polar surface area (TPSA) is 58.4 Å². The van der Waals surface area contributed by atoms with Crippen molar-refractivity contribution >= 4 is 24.4 Å². The van der Waals surface area contributed by atoms with Crippen molar-refractivity contribution in [2.45, 2.75) is 111 Å². The monoisotopic (exact) mass is 581 g/mol. The summed E-state index contributed by atoms with van der Waals surface area (Å²) in [5.41, 5.74) is 3.13. The third-order valence-corrected chi connectivity index (χ3v) is 13.5. The van der Waals surface area contributed by atoms with Crippen molar-refractivity contribution in [3.8, 4) is 0 Å². The van der Waals surface area contributed by atoms with Gasteiger partial charge in [0.05, 0.1) is 0 Å². The average Bonchev–Trinajstić information content (AvgIpc) is 3.38. The fourth-order valence-electron chi connectivity index (χ4n) is 11.5. The molecule has 4 nitrogen and oxygen atoms in total. The van der Waals surface area contributed by atoms with Gasteiger partial charge in [-0.2, -0.15) is 0 Å². The molecule has 0 aromatic heterocycles. The summed E-state index contributed by atoms with van der Waals surface area (Å²) in [6, 6.07) is 8.36. The van der Waals surface area contributed by atoms with Crippen molar-refractivity contribution in [3.05, 3.63) is 29.8 Å². The molecule has 0 spiro atoms. The lowest BCUT2D eigenvalue weighted by Gasteiger charge is -2.63. The smallest absolute Gasteiger partial charge is 0.251 e. The first-order chi connectivity index (χ1) is 19.8. The van der Waals surface area contributed by atoms with Gasteiger partial charge in [0.15, 0.2) is 0 Å². The summed E-state index contributed by atoms with van der Waals surface area (Å²) in [5, 5.41) is 7.54. The lowest BCUT2D eigenvalue weighted by atomic mass is 9.42. The fraction of sp³-hybridized carbons (Fsp3) is 0.806. The number of piperidine rings is 1. The summed E-state index contributed by atoms with van der Waals surface area (Å²) in [4.78, 5) is 15.6. The van der Waals surface area contributed by atoms with Gasteiger partial charge in [0.25, 0.3) is 5.91 Å². The van der Waals surface area contributed by atoms with Gasteiger partial charge < -0.3 is 10.2 Å². The van der Waals surface area contributed by atoms with E-state index in [9.17, 15) is 4.79 Å². The van der Waals surface area contributed by atoms with E-state index in [1.165, 1.54) is 89.2 Å². The number of nitrogens with zero attached hydrogens (tertiary/aromatic N) is 1. The van der Waals surface area contributed by atoms with Crippen LogP contribution in [0, 0.1) is 52.3 Å². The number of amides is 1. The maximum atomic E-state index is 13.1. The second-order valence-electron chi connectivity index (χ2n) is 15.1. The maximum absolute atomic E-state index is 13.1. The zero-order valence-corrected chi connectivity index (χ0v) is 27.4. The lowest BCUT2D eigenvalue weighted by Crippen LogP contribution is -2.55. The molecular weight excluding hydrogens is 522 g/mol. The van der Waals surface area contributed by atoms with Gasteiger partial charge in [-0.1, -0.05) is 47.0 Å². The van der Waals surface area contributed by atoms with Gasteiger partial charge in [-0.05, 0) is 141 Å². The van der Waals surface area contributed by atoms with E-state index in [0.29, 0.717) is 16.7 Å².